The molecule has 0 aliphatic carbocycles. The van der Waals surface area contributed by atoms with Crippen LogP contribution in [0.1, 0.15) is 11.7 Å². The lowest BCUT2D eigenvalue weighted by Crippen LogP contribution is -2.10. The van der Waals surface area contributed by atoms with Crippen molar-refractivity contribution in [3.8, 4) is 11.5 Å². The van der Waals surface area contributed by atoms with Crippen molar-refractivity contribution in [3.05, 3.63) is 22.7 Å². The van der Waals surface area contributed by atoms with Gasteiger partial charge in [0.1, 0.15) is 11.5 Å². The summed E-state index contributed by atoms with van der Waals surface area (Å²) in [6.45, 7) is 0. The van der Waals surface area contributed by atoms with Gasteiger partial charge in [-0.15, -0.1) is 0 Å². The molecule has 0 saturated heterocycles. The van der Waals surface area contributed by atoms with Crippen LogP contribution in [0.2, 0.25) is 5.02 Å². The van der Waals surface area contributed by atoms with Crippen LogP contribution in [-0.4, -0.2) is 28.4 Å². The fourth-order valence-corrected chi connectivity index (χ4v) is 1.32. The Hall–Kier alpha value is -1.46. The van der Waals surface area contributed by atoms with E-state index < -0.39 is 12.1 Å². The third-order valence-electron chi connectivity index (χ3n) is 1.83. The second-order valence-electron chi connectivity index (χ2n) is 2.79. The standard InChI is InChI=1S/C9H9ClO5/c1-15-7-3-6(11)4(2-5(7)10)8(12)9(13)14/h2-3,8,11-12H,1H3,(H,13,14). The third-order valence-corrected chi connectivity index (χ3v) is 2.12. The van der Waals surface area contributed by atoms with E-state index in [9.17, 15) is 15.0 Å². The Labute approximate surface area is 90.5 Å². The Morgan fingerprint density at radius 2 is 2.13 bits per heavy atom. The molecule has 0 aromatic heterocycles. The molecule has 82 valence electrons. The number of benzene rings is 1. The van der Waals surface area contributed by atoms with Crippen LogP contribution in [0.4, 0.5) is 0 Å². The largest absolute Gasteiger partial charge is 0.507 e. The van der Waals surface area contributed by atoms with E-state index in [-0.39, 0.29) is 22.1 Å². The molecule has 15 heavy (non-hydrogen) atoms. The predicted molar refractivity (Wildman–Crippen MR) is 52.3 cm³/mol. The third kappa shape index (κ3) is 2.31. The number of aromatic hydroxyl groups is 1. The summed E-state index contributed by atoms with van der Waals surface area (Å²) in [5, 5.41) is 27.3. The van der Waals surface area contributed by atoms with Crippen molar-refractivity contribution in [2.45, 2.75) is 6.10 Å². The maximum absolute atomic E-state index is 10.5. The summed E-state index contributed by atoms with van der Waals surface area (Å²) in [5.41, 5.74) is -0.173. The number of hydrogen-bond acceptors (Lipinski definition) is 4. The first-order chi connectivity index (χ1) is 6.97. The molecular weight excluding hydrogens is 224 g/mol. The maximum Gasteiger partial charge on any atom is 0.337 e. The van der Waals surface area contributed by atoms with Gasteiger partial charge in [-0.05, 0) is 6.07 Å². The molecule has 0 heterocycles. The zero-order chi connectivity index (χ0) is 11.6. The van der Waals surface area contributed by atoms with Gasteiger partial charge in [0.15, 0.2) is 6.10 Å². The van der Waals surface area contributed by atoms with E-state index in [1.165, 1.54) is 7.11 Å². The summed E-state index contributed by atoms with van der Waals surface area (Å²) in [6, 6.07) is 2.29. The molecule has 5 nitrogen and oxygen atoms in total. The molecule has 0 saturated carbocycles. The van der Waals surface area contributed by atoms with E-state index in [0.29, 0.717) is 0 Å². The van der Waals surface area contributed by atoms with E-state index in [4.69, 9.17) is 21.4 Å². The fraction of sp³-hybridized carbons (Fsp3) is 0.222. The van der Waals surface area contributed by atoms with E-state index in [2.05, 4.69) is 0 Å². The molecular formula is C9H9ClO5. The summed E-state index contributed by atoms with van der Waals surface area (Å²) < 4.78 is 4.80. The fourth-order valence-electron chi connectivity index (χ4n) is 1.07. The highest BCUT2D eigenvalue weighted by atomic mass is 35.5. The van der Waals surface area contributed by atoms with Gasteiger partial charge >= 0.3 is 5.97 Å². The lowest BCUT2D eigenvalue weighted by atomic mass is 10.1. The topological polar surface area (TPSA) is 87.0 Å². The lowest BCUT2D eigenvalue weighted by molar-refractivity contribution is -0.147. The number of carboxylic acids is 1. The monoisotopic (exact) mass is 232 g/mol. The molecule has 1 unspecified atom stereocenters. The summed E-state index contributed by atoms with van der Waals surface area (Å²) in [4.78, 5) is 10.5. The van der Waals surface area contributed by atoms with Crippen LogP contribution in [0.25, 0.3) is 0 Å². The van der Waals surface area contributed by atoms with Gasteiger partial charge in [-0.1, -0.05) is 11.6 Å². The quantitative estimate of drug-likeness (QED) is 0.728. The van der Waals surface area contributed by atoms with Crippen LogP contribution >= 0.6 is 11.6 Å². The first-order valence-electron chi connectivity index (χ1n) is 3.94. The van der Waals surface area contributed by atoms with Crippen LogP contribution in [-0.2, 0) is 4.79 Å². The molecule has 6 heteroatoms. The SMILES string of the molecule is COc1cc(O)c(C(O)C(=O)O)cc1Cl. The number of rotatable bonds is 3. The normalized spacial score (nSPS) is 12.2. The van der Waals surface area contributed by atoms with Crippen molar-refractivity contribution in [2.75, 3.05) is 7.11 Å². The van der Waals surface area contributed by atoms with Crippen LogP contribution in [0.15, 0.2) is 12.1 Å². The average Bonchev–Trinajstić information content (AvgIpc) is 2.19. The van der Waals surface area contributed by atoms with Crippen LogP contribution < -0.4 is 4.74 Å². The van der Waals surface area contributed by atoms with E-state index >= 15 is 0 Å². The molecule has 0 fully saturated rings. The molecule has 1 aromatic rings. The van der Waals surface area contributed by atoms with Crippen molar-refractivity contribution >= 4 is 17.6 Å². The number of aliphatic hydroxyl groups is 1. The summed E-state index contributed by atoms with van der Waals surface area (Å²) >= 11 is 5.71. The Morgan fingerprint density at radius 1 is 1.53 bits per heavy atom. The van der Waals surface area contributed by atoms with Crippen LogP contribution in [0.5, 0.6) is 11.5 Å². The van der Waals surface area contributed by atoms with Crippen molar-refractivity contribution in [2.24, 2.45) is 0 Å². The molecule has 1 aromatic carbocycles. The molecule has 0 aliphatic rings. The summed E-state index contributed by atoms with van der Waals surface area (Å²) in [5.74, 6) is -1.65. The minimum Gasteiger partial charge on any atom is -0.507 e. The molecule has 0 radical (unpaired) electrons. The number of aliphatic carboxylic acids is 1. The number of methoxy groups -OCH3 is 1. The average molecular weight is 233 g/mol. The van der Waals surface area contributed by atoms with Gasteiger partial charge in [0.2, 0.25) is 0 Å². The van der Waals surface area contributed by atoms with Crippen molar-refractivity contribution in [1.82, 2.24) is 0 Å². The molecule has 0 spiro atoms. The first-order valence-corrected chi connectivity index (χ1v) is 4.32. The van der Waals surface area contributed by atoms with Gasteiger partial charge in [-0.2, -0.15) is 0 Å². The van der Waals surface area contributed by atoms with Crippen molar-refractivity contribution in [1.29, 1.82) is 0 Å². The zero-order valence-electron chi connectivity index (χ0n) is 7.77. The maximum atomic E-state index is 10.5. The molecule has 0 bridgehead atoms. The van der Waals surface area contributed by atoms with Gasteiger partial charge in [0, 0.05) is 11.6 Å². The molecule has 1 rings (SSSR count). The molecule has 0 amide bonds. The van der Waals surface area contributed by atoms with Gasteiger partial charge in [0.05, 0.1) is 12.1 Å². The van der Waals surface area contributed by atoms with Crippen molar-refractivity contribution in [3.63, 3.8) is 0 Å². The highest BCUT2D eigenvalue weighted by Gasteiger charge is 2.21. The van der Waals surface area contributed by atoms with E-state index in [1.54, 1.807) is 0 Å². The number of phenols is 1. The number of carbonyl (C=O) groups is 1. The minimum absolute atomic E-state index is 0.116. The molecule has 1 atom stereocenters. The number of aliphatic hydroxyl groups excluding tert-OH is 1. The highest BCUT2D eigenvalue weighted by Crippen LogP contribution is 2.34. The Balaban J connectivity index is 3.21. The number of ether oxygens (including phenoxy) is 1. The van der Waals surface area contributed by atoms with E-state index in [0.717, 1.165) is 12.1 Å². The minimum atomic E-state index is -1.81. The van der Waals surface area contributed by atoms with Gasteiger partial charge in [0.25, 0.3) is 0 Å². The Kier molecular flexibility index (Phi) is 3.39. The molecule has 0 aliphatic heterocycles. The van der Waals surface area contributed by atoms with Gasteiger partial charge in [-0.25, -0.2) is 4.79 Å². The number of carboxylic acid groups (broad SMARTS) is 1. The highest BCUT2D eigenvalue weighted by molar-refractivity contribution is 6.32. The first kappa shape index (κ1) is 11.6. The van der Waals surface area contributed by atoms with Gasteiger partial charge in [-0.3, -0.25) is 0 Å². The number of halogens is 1. The van der Waals surface area contributed by atoms with Crippen LogP contribution in [0, 0.1) is 0 Å². The lowest BCUT2D eigenvalue weighted by Gasteiger charge is -2.11. The van der Waals surface area contributed by atoms with Crippen molar-refractivity contribution < 1.29 is 24.9 Å². The smallest absolute Gasteiger partial charge is 0.337 e. The second kappa shape index (κ2) is 4.37. The molecule has 3 N–H and O–H groups in total. The summed E-state index contributed by atoms with van der Waals surface area (Å²) in [6.07, 6.45) is -1.81. The van der Waals surface area contributed by atoms with Crippen LogP contribution in [0.3, 0.4) is 0 Å². The Morgan fingerprint density at radius 3 is 2.60 bits per heavy atom. The van der Waals surface area contributed by atoms with Gasteiger partial charge < -0.3 is 20.1 Å². The Bertz CT molecular complexity index is 390. The number of phenolic OH excluding ortho intramolecular Hbond substituents is 1. The van der Waals surface area contributed by atoms with E-state index in [1.807, 2.05) is 0 Å². The number of hydrogen-bond donors (Lipinski definition) is 3. The zero-order valence-corrected chi connectivity index (χ0v) is 8.52. The summed E-state index contributed by atoms with van der Waals surface area (Å²) in [7, 11) is 1.36. The predicted octanol–water partition coefficient (Wildman–Crippen LogP) is 1.17. The second-order valence-corrected chi connectivity index (χ2v) is 3.19.